The average molecular weight is 234 g/mol. The summed E-state index contributed by atoms with van der Waals surface area (Å²) in [5.74, 6) is 0. The summed E-state index contributed by atoms with van der Waals surface area (Å²) in [5, 5.41) is 0. The van der Waals surface area contributed by atoms with Gasteiger partial charge in [0, 0.05) is 43.5 Å². The smallest absolute Gasteiger partial charge is 0.0730 e. The molecule has 1 fully saturated rings. The van der Waals surface area contributed by atoms with Crippen molar-refractivity contribution in [3.8, 4) is 0 Å². The molecule has 94 valence electrons. The van der Waals surface area contributed by atoms with E-state index in [4.69, 9.17) is 5.73 Å². The average Bonchev–Trinajstić information content (AvgIpc) is 2.63. The van der Waals surface area contributed by atoms with Crippen molar-refractivity contribution in [2.75, 3.05) is 13.1 Å². The second-order valence-corrected chi connectivity index (χ2v) is 5.93. The molecule has 0 amide bonds. The molecule has 2 rings (SSSR count). The molecular formula is C13H22N4. The number of likely N-dealkylation sites (tertiary alicyclic amines) is 1. The first-order valence-electron chi connectivity index (χ1n) is 6.24. The first-order valence-corrected chi connectivity index (χ1v) is 6.24. The molecule has 2 heterocycles. The van der Waals surface area contributed by atoms with E-state index in [1.165, 1.54) is 0 Å². The quantitative estimate of drug-likeness (QED) is 0.838. The normalized spacial score (nSPS) is 22.0. The van der Waals surface area contributed by atoms with Gasteiger partial charge in [0.15, 0.2) is 0 Å². The highest BCUT2D eigenvalue weighted by molar-refractivity contribution is 5.11. The number of aromatic nitrogens is 2. The highest BCUT2D eigenvalue weighted by atomic mass is 15.2. The second kappa shape index (κ2) is 4.70. The maximum atomic E-state index is 5.90. The Morgan fingerprint density at radius 3 is 2.76 bits per heavy atom. The number of hydrogen-bond acceptors (Lipinski definition) is 4. The van der Waals surface area contributed by atoms with Gasteiger partial charge in [-0.2, -0.15) is 0 Å². The Morgan fingerprint density at radius 1 is 1.41 bits per heavy atom. The molecule has 0 spiro atoms. The van der Waals surface area contributed by atoms with Gasteiger partial charge in [0.2, 0.25) is 0 Å². The lowest BCUT2D eigenvalue weighted by molar-refractivity contribution is 0.321. The summed E-state index contributed by atoms with van der Waals surface area (Å²) in [6, 6.07) is 0.328. The Morgan fingerprint density at radius 2 is 2.18 bits per heavy atom. The fourth-order valence-electron chi connectivity index (χ4n) is 2.08. The Hall–Kier alpha value is -1.00. The lowest BCUT2D eigenvalue weighted by Crippen LogP contribution is -2.27. The third-order valence-corrected chi connectivity index (χ3v) is 3.15. The van der Waals surface area contributed by atoms with Crippen molar-refractivity contribution in [2.24, 2.45) is 5.73 Å². The van der Waals surface area contributed by atoms with E-state index >= 15 is 0 Å². The number of nitrogens with two attached hydrogens (primary N) is 1. The fourth-order valence-corrected chi connectivity index (χ4v) is 2.08. The van der Waals surface area contributed by atoms with Crippen LogP contribution < -0.4 is 5.73 Å². The van der Waals surface area contributed by atoms with Crippen molar-refractivity contribution in [3.63, 3.8) is 0 Å². The maximum Gasteiger partial charge on any atom is 0.0730 e. The summed E-state index contributed by atoms with van der Waals surface area (Å²) in [6.07, 6.45) is 4.81. The van der Waals surface area contributed by atoms with Gasteiger partial charge in [0.05, 0.1) is 11.4 Å². The second-order valence-electron chi connectivity index (χ2n) is 5.93. The van der Waals surface area contributed by atoms with Gasteiger partial charge < -0.3 is 5.73 Å². The minimum atomic E-state index is 0.0599. The molecule has 4 nitrogen and oxygen atoms in total. The van der Waals surface area contributed by atoms with E-state index in [1.807, 2.05) is 12.4 Å². The van der Waals surface area contributed by atoms with Crippen molar-refractivity contribution >= 4 is 0 Å². The lowest BCUT2D eigenvalue weighted by atomic mass is 9.93. The van der Waals surface area contributed by atoms with E-state index in [2.05, 4.69) is 35.6 Å². The van der Waals surface area contributed by atoms with E-state index < -0.39 is 0 Å². The zero-order chi connectivity index (χ0) is 12.5. The van der Waals surface area contributed by atoms with Crippen LogP contribution in [0.25, 0.3) is 0 Å². The molecule has 1 aromatic heterocycles. The molecule has 1 aliphatic rings. The molecule has 0 saturated carbocycles. The van der Waals surface area contributed by atoms with Crippen LogP contribution >= 0.6 is 0 Å². The van der Waals surface area contributed by atoms with Crippen molar-refractivity contribution in [1.29, 1.82) is 0 Å². The van der Waals surface area contributed by atoms with Crippen molar-refractivity contribution in [2.45, 2.75) is 45.2 Å². The molecule has 17 heavy (non-hydrogen) atoms. The standard InChI is InChI=1S/C13H22N4/c1-13(2,3)12-7-15-6-11(16-12)9-17-5-4-10(14)8-17/h6-7,10H,4-5,8-9,14H2,1-3H3. The van der Waals surface area contributed by atoms with Crippen LogP contribution in [-0.4, -0.2) is 34.0 Å². The van der Waals surface area contributed by atoms with Gasteiger partial charge >= 0.3 is 0 Å². The summed E-state index contributed by atoms with van der Waals surface area (Å²) in [4.78, 5) is 11.3. The summed E-state index contributed by atoms with van der Waals surface area (Å²) < 4.78 is 0. The molecule has 0 aromatic carbocycles. The Balaban J connectivity index is 2.06. The SMILES string of the molecule is CC(C)(C)c1cncc(CN2CCC(N)C2)n1. The molecule has 0 bridgehead atoms. The molecule has 4 heteroatoms. The summed E-state index contributed by atoms with van der Waals surface area (Å²) in [6.45, 7) is 9.39. The summed E-state index contributed by atoms with van der Waals surface area (Å²) in [5.41, 5.74) is 8.06. The number of hydrogen-bond donors (Lipinski definition) is 1. The number of rotatable bonds is 2. The number of nitrogens with zero attached hydrogens (tertiary/aromatic N) is 3. The predicted molar refractivity (Wildman–Crippen MR) is 68.6 cm³/mol. The highest BCUT2D eigenvalue weighted by Crippen LogP contribution is 2.19. The minimum Gasteiger partial charge on any atom is -0.326 e. The topological polar surface area (TPSA) is 55.0 Å². The van der Waals surface area contributed by atoms with Crippen LogP contribution in [0.4, 0.5) is 0 Å². The molecule has 0 radical (unpaired) electrons. The molecule has 1 aliphatic heterocycles. The van der Waals surface area contributed by atoms with E-state index in [1.54, 1.807) is 0 Å². The molecule has 1 saturated heterocycles. The van der Waals surface area contributed by atoms with E-state index in [-0.39, 0.29) is 5.41 Å². The van der Waals surface area contributed by atoms with Crippen LogP contribution in [0, 0.1) is 0 Å². The van der Waals surface area contributed by atoms with Gasteiger partial charge in [-0.1, -0.05) is 20.8 Å². The maximum absolute atomic E-state index is 5.90. The summed E-state index contributed by atoms with van der Waals surface area (Å²) in [7, 11) is 0. The zero-order valence-electron chi connectivity index (χ0n) is 11.0. The van der Waals surface area contributed by atoms with Gasteiger partial charge in [-0.25, -0.2) is 0 Å². The Bertz CT molecular complexity index is 383. The fraction of sp³-hybridized carbons (Fsp3) is 0.692. The van der Waals surface area contributed by atoms with E-state index in [0.717, 1.165) is 37.4 Å². The van der Waals surface area contributed by atoms with Crippen LogP contribution in [0.15, 0.2) is 12.4 Å². The molecule has 2 N–H and O–H groups in total. The van der Waals surface area contributed by atoms with Crippen LogP contribution in [0.1, 0.15) is 38.6 Å². The van der Waals surface area contributed by atoms with Gasteiger partial charge in [-0.15, -0.1) is 0 Å². The highest BCUT2D eigenvalue weighted by Gasteiger charge is 2.21. The van der Waals surface area contributed by atoms with Crippen LogP contribution in [0.5, 0.6) is 0 Å². The summed E-state index contributed by atoms with van der Waals surface area (Å²) >= 11 is 0. The first-order chi connectivity index (χ1) is 7.95. The zero-order valence-corrected chi connectivity index (χ0v) is 11.0. The van der Waals surface area contributed by atoms with E-state index in [0.29, 0.717) is 6.04 Å². The largest absolute Gasteiger partial charge is 0.326 e. The van der Waals surface area contributed by atoms with Gasteiger partial charge in [0.1, 0.15) is 0 Å². The molecular weight excluding hydrogens is 212 g/mol. The van der Waals surface area contributed by atoms with E-state index in [9.17, 15) is 0 Å². The van der Waals surface area contributed by atoms with Gasteiger partial charge in [0.25, 0.3) is 0 Å². The van der Waals surface area contributed by atoms with Crippen LogP contribution in [0.2, 0.25) is 0 Å². The van der Waals surface area contributed by atoms with Crippen molar-refractivity contribution in [3.05, 3.63) is 23.8 Å². The van der Waals surface area contributed by atoms with Gasteiger partial charge in [-0.05, 0) is 6.42 Å². The Labute approximate surface area is 103 Å². The monoisotopic (exact) mass is 234 g/mol. The lowest BCUT2D eigenvalue weighted by Gasteiger charge is -2.19. The van der Waals surface area contributed by atoms with Crippen molar-refractivity contribution < 1.29 is 0 Å². The van der Waals surface area contributed by atoms with Crippen LogP contribution in [0.3, 0.4) is 0 Å². The predicted octanol–water partition coefficient (Wildman–Crippen LogP) is 1.31. The first kappa shape index (κ1) is 12.5. The molecule has 0 aliphatic carbocycles. The third kappa shape index (κ3) is 3.23. The third-order valence-electron chi connectivity index (χ3n) is 3.15. The van der Waals surface area contributed by atoms with Crippen molar-refractivity contribution in [1.82, 2.24) is 14.9 Å². The molecule has 1 unspecified atom stereocenters. The Kier molecular flexibility index (Phi) is 3.45. The minimum absolute atomic E-state index is 0.0599. The molecule has 1 aromatic rings. The molecule has 1 atom stereocenters. The van der Waals surface area contributed by atoms with Crippen LogP contribution in [-0.2, 0) is 12.0 Å². The van der Waals surface area contributed by atoms with Gasteiger partial charge in [-0.3, -0.25) is 14.9 Å².